The molecule has 0 heterocycles. The minimum Gasteiger partial charge on any atom is -0.179 e. The molecule has 0 bridgehead atoms. The van der Waals surface area contributed by atoms with Crippen LogP contribution in [0.15, 0.2) is 30.3 Å². The Labute approximate surface area is 93.6 Å². The van der Waals surface area contributed by atoms with Crippen molar-refractivity contribution in [3.8, 4) is 0 Å². The van der Waals surface area contributed by atoms with Gasteiger partial charge in [0.05, 0.1) is 0 Å². The minimum absolute atomic E-state index is 0.910. The number of hydrogen-bond acceptors (Lipinski definition) is 1. The predicted molar refractivity (Wildman–Crippen MR) is 66.6 cm³/mol. The van der Waals surface area contributed by atoms with Crippen LogP contribution in [0.1, 0.15) is 17.5 Å². The third-order valence-corrected chi connectivity index (χ3v) is 2.65. The fourth-order valence-electron chi connectivity index (χ4n) is 1.10. The molecule has 0 aliphatic carbocycles. The second-order valence-corrected chi connectivity index (χ2v) is 3.76. The molecule has 1 aromatic carbocycles. The molecule has 0 amide bonds. The first kappa shape index (κ1) is 10.9. The summed E-state index contributed by atoms with van der Waals surface area (Å²) < 4.78 is 0. The van der Waals surface area contributed by atoms with Crippen LogP contribution in [0.25, 0.3) is 6.08 Å². The zero-order valence-electron chi connectivity index (χ0n) is 7.41. The lowest BCUT2D eigenvalue weighted by molar-refractivity contribution is 1.26. The third-order valence-electron chi connectivity index (χ3n) is 1.79. The summed E-state index contributed by atoms with van der Waals surface area (Å²) in [6.45, 7) is 0. The Balaban J connectivity index is 2.74. The third kappa shape index (κ3) is 3.57. The Bertz CT molecular complexity index is 281. The minimum atomic E-state index is 0.910. The SMILES string of the molecule is SCCC=Cc1ccccc1CBr. The highest BCUT2D eigenvalue weighted by Gasteiger charge is 1.94. The average Bonchev–Trinajstić information content (AvgIpc) is 2.19. The van der Waals surface area contributed by atoms with Gasteiger partial charge in [0, 0.05) is 5.33 Å². The first-order valence-electron chi connectivity index (χ1n) is 4.29. The van der Waals surface area contributed by atoms with Gasteiger partial charge in [0.15, 0.2) is 0 Å². The summed E-state index contributed by atoms with van der Waals surface area (Å²) >= 11 is 7.62. The lowest BCUT2D eigenvalue weighted by atomic mass is 10.1. The van der Waals surface area contributed by atoms with Gasteiger partial charge in [0.25, 0.3) is 0 Å². The standard InChI is InChI=1S/C11H13BrS/c12-9-11-7-2-1-5-10(11)6-3-4-8-13/h1-3,5-7,13H,4,8-9H2. The molecule has 0 aromatic heterocycles. The summed E-state index contributed by atoms with van der Waals surface area (Å²) in [5.74, 6) is 0.910. The van der Waals surface area contributed by atoms with Crippen LogP contribution in [0.4, 0.5) is 0 Å². The number of allylic oxidation sites excluding steroid dienone is 1. The molecule has 0 saturated carbocycles. The molecule has 0 aliphatic rings. The molecule has 1 rings (SSSR count). The number of rotatable bonds is 4. The molecule has 0 saturated heterocycles. The van der Waals surface area contributed by atoms with Crippen molar-refractivity contribution in [3.05, 3.63) is 41.5 Å². The Morgan fingerprint density at radius 3 is 2.77 bits per heavy atom. The maximum atomic E-state index is 4.16. The van der Waals surface area contributed by atoms with Crippen LogP contribution in [-0.2, 0) is 5.33 Å². The second-order valence-electron chi connectivity index (χ2n) is 2.75. The first-order chi connectivity index (χ1) is 6.38. The van der Waals surface area contributed by atoms with E-state index in [-0.39, 0.29) is 0 Å². The monoisotopic (exact) mass is 256 g/mol. The maximum absolute atomic E-state index is 4.16. The Morgan fingerprint density at radius 1 is 1.31 bits per heavy atom. The molecule has 0 fully saturated rings. The van der Waals surface area contributed by atoms with Crippen LogP contribution < -0.4 is 0 Å². The molecule has 0 unspecified atom stereocenters. The maximum Gasteiger partial charge on any atom is 0.0288 e. The summed E-state index contributed by atoms with van der Waals surface area (Å²) in [7, 11) is 0. The second kappa shape index (κ2) is 6.28. The number of benzene rings is 1. The smallest absolute Gasteiger partial charge is 0.0288 e. The van der Waals surface area contributed by atoms with Crippen LogP contribution >= 0.6 is 28.6 Å². The predicted octanol–water partition coefficient (Wildman–Crippen LogP) is 3.91. The number of halogens is 1. The summed E-state index contributed by atoms with van der Waals surface area (Å²) in [6.07, 6.45) is 5.35. The van der Waals surface area contributed by atoms with Crippen molar-refractivity contribution in [2.75, 3.05) is 5.75 Å². The van der Waals surface area contributed by atoms with Crippen molar-refractivity contribution in [2.45, 2.75) is 11.8 Å². The van der Waals surface area contributed by atoms with Gasteiger partial charge in [0.1, 0.15) is 0 Å². The van der Waals surface area contributed by atoms with Crippen molar-refractivity contribution in [1.29, 1.82) is 0 Å². The van der Waals surface area contributed by atoms with Crippen LogP contribution in [0.3, 0.4) is 0 Å². The average molecular weight is 257 g/mol. The number of alkyl halides is 1. The van der Waals surface area contributed by atoms with Crippen molar-refractivity contribution >= 4 is 34.6 Å². The molecule has 13 heavy (non-hydrogen) atoms. The van der Waals surface area contributed by atoms with E-state index in [1.54, 1.807) is 0 Å². The Kier molecular flexibility index (Phi) is 5.25. The molecule has 0 N–H and O–H groups in total. The number of hydrogen-bond donors (Lipinski definition) is 1. The van der Waals surface area contributed by atoms with Crippen LogP contribution in [0.2, 0.25) is 0 Å². The molecule has 0 spiro atoms. The Morgan fingerprint density at radius 2 is 2.08 bits per heavy atom. The van der Waals surface area contributed by atoms with Crippen LogP contribution in [0.5, 0.6) is 0 Å². The molecule has 2 heteroatoms. The van der Waals surface area contributed by atoms with Crippen molar-refractivity contribution < 1.29 is 0 Å². The largest absolute Gasteiger partial charge is 0.179 e. The van der Waals surface area contributed by atoms with Crippen molar-refractivity contribution in [3.63, 3.8) is 0 Å². The van der Waals surface area contributed by atoms with Crippen molar-refractivity contribution in [2.24, 2.45) is 0 Å². The van der Waals surface area contributed by atoms with Gasteiger partial charge in [-0.3, -0.25) is 0 Å². The summed E-state index contributed by atoms with van der Waals surface area (Å²) in [6, 6.07) is 8.39. The normalized spacial score (nSPS) is 10.9. The molecule has 1 aromatic rings. The van der Waals surface area contributed by atoms with E-state index in [0.717, 1.165) is 17.5 Å². The van der Waals surface area contributed by atoms with E-state index in [1.165, 1.54) is 11.1 Å². The van der Waals surface area contributed by atoms with E-state index in [4.69, 9.17) is 0 Å². The highest BCUT2D eigenvalue weighted by molar-refractivity contribution is 9.08. The van der Waals surface area contributed by atoms with E-state index in [1.807, 2.05) is 0 Å². The number of thiol groups is 1. The summed E-state index contributed by atoms with van der Waals surface area (Å²) in [5, 5.41) is 0.911. The molecule has 0 radical (unpaired) electrons. The van der Waals surface area contributed by atoms with Gasteiger partial charge in [-0.25, -0.2) is 0 Å². The van der Waals surface area contributed by atoms with E-state index < -0.39 is 0 Å². The lowest BCUT2D eigenvalue weighted by Crippen LogP contribution is -1.82. The van der Waals surface area contributed by atoms with Gasteiger partial charge in [-0.05, 0) is 23.3 Å². The molecule has 0 atom stereocenters. The van der Waals surface area contributed by atoms with E-state index in [0.29, 0.717) is 0 Å². The first-order valence-corrected chi connectivity index (χ1v) is 6.05. The van der Waals surface area contributed by atoms with Crippen molar-refractivity contribution in [1.82, 2.24) is 0 Å². The van der Waals surface area contributed by atoms with Gasteiger partial charge in [-0.2, -0.15) is 12.6 Å². The van der Waals surface area contributed by atoms with E-state index in [9.17, 15) is 0 Å². The summed E-state index contributed by atoms with van der Waals surface area (Å²) in [5.41, 5.74) is 2.62. The summed E-state index contributed by atoms with van der Waals surface area (Å²) in [4.78, 5) is 0. The molecular formula is C11H13BrS. The lowest BCUT2D eigenvalue weighted by Gasteiger charge is -2.00. The van der Waals surface area contributed by atoms with Gasteiger partial charge >= 0.3 is 0 Å². The van der Waals surface area contributed by atoms with Crippen LogP contribution in [-0.4, -0.2) is 5.75 Å². The topological polar surface area (TPSA) is 0 Å². The zero-order valence-corrected chi connectivity index (χ0v) is 9.89. The molecule has 0 aliphatic heterocycles. The fraction of sp³-hybridized carbons (Fsp3) is 0.273. The van der Waals surface area contributed by atoms with Gasteiger partial charge < -0.3 is 0 Å². The Hall–Kier alpha value is -0.210. The molecular weight excluding hydrogens is 244 g/mol. The van der Waals surface area contributed by atoms with E-state index >= 15 is 0 Å². The zero-order chi connectivity index (χ0) is 9.52. The molecule has 70 valence electrons. The van der Waals surface area contributed by atoms with E-state index in [2.05, 4.69) is 65.0 Å². The van der Waals surface area contributed by atoms with Gasteiger partial charge in [-0.15, -0.1) is 0 Å². The fourth-order valence-corrected chi connectivity index (χ4v) is 1.76. The highest BCUT2D eigenvalue weighted by Crippen LogP contribution is 2.14. The quantitative estimate of drug-likeness (QED) is 0.613. The van der Waals surface area contributed by atoms with Crippen LogP contribution in [0, 0.1) is 0 Å². The molecule has 0 nitrogen and oxygen atoms in total. The highest BCUT2D eigenvalue weighted by atomic mass is 79.9. The van der Waals surface area contributed by atoms with Gasteiger partial charge in [-0.1, -0.05) is 52.3 Å². The van der Waals surface area contributed by atoms with Gasteiger partial charge in [0.2, 0.25) is 0 Å².